The molecule has 0 spiro atoms. The minimum Gasteiger partial charge on any atom is -0.462 e. The normalized spacial score (nSPS) is 9.84. The van der Waals surface area contributed by atoms with E-state index in [4.69, 9.17) is 4.74 Å². The quantitative estimate of drug-likeness (QED) is 0.265. The Morgan fingerprint density at radius 2 is 1.68 bits per heavy atom. The fourth-order valence-corrected chi connectivity index (χ4v) is 2.92. The second kappa shape index (κ2) is 8.07. The van der Waals surface area contributed by atoms with Gasteiger partial charge in [-0.2, -0.15) is 0 Å². The molecule has 19 heavy (non-hydrogen) atoms. The fourth-order valence-electron chi connectivity index (χ4n) is 1.49. The van der Waals surface area contributed by atoms with Gasteiger partial charge in [-0.15, -0.1) is 23.5 Å². The Morgan fingerprint density at radius 1 is 1.11 bits per heavy atom. The minimum absolute atomic E-state index is 0.119. The van der Waals surface area contributed by atoms with Gasteiger partial charge >= 0.3 is 5.97 Å². The molecule has 0 aliphatic heterocycles. The van der Waals surface area contributed by atoms with E-state index in [2.05, 4.69) is 0 Å². The fraction of sp³-hybridized carbons (Fsp3) is 0.286. The predicted octanol–water partition coefficient (Wildman–Crippen LogP) is 3.37. The van der Waals surface area contributed by atoms with Crippen molar-refractivity contribution in [1.82, 2.24) is 0 Å². The van der Waals surface area contributed by atoms with Crippen molar-refractivity contribution < 1.29 is 14.3 Å². The largest absolute Gasteiger partial charge is 0.462 e. The summed E-state index contributed by atoms with van der Waals surface area (Å²) in [4.78, 5) is 24.4. The lowest BCUT2D eigenvalue weighted by atomic mass is 10.1. The van der Waals surface area contributed by atoms with E-state index in [0.717, 1.165) is 0 Å². The van der Waals surface area contributed by atoms with Gasteiger partial charge in [0.2, 0.25) is 5.78 Å². The smallest absolute Gasteiger partial charge is 0.343 e. The van der Waals surface area contributed by atoms with Gasteiger partial charge in [-0.1, -0.05) is 30.3 Å². The summed E-state index contributed by atoms with van der Waals surface area (Å²) < 4.78 is 5.66. The first kappa shape index (κ1) is 15.9. The molecule has 3 nitrogen and oxygen atoms in total. The number of carbonyl (C=O) groups excluding carboxylic acids is 2. The van der Waals surface area contributed by atoms with E-state index in [9.17, 15) is 9.59 Å². The van der Waals surface area contributed by atoms with Crippen LogP contribution in [-0.2, 0) is 9.53 Å². The van der Waals surface area contributed by atoms with Crippen molar-refractivity contribution in [2.24, 2.45) is 0 Å². The molecule has 0 aromatic heterocycles. The maximum Gasteiger partial charge on any atom is 0.343 e. The van der Waals surface area contributed by atoms with Crippen LogP contribution in [0.2, 0.25) is 0 Å². The third-order valence-corrected chi connectivity index (χ3v) is 4.47. The number of hydrogen-bond donors (Lipinski definition) is 0. The highest BCUT2D eigenvalue weighted by Gasteiger charge is 2.25. The molecule has 5 heteroatoms. The zero-order chi connectivity index (χ0) is 14.3. The molecule has 0 unspecified atom stereocenters. The second-order valence-electron chi connectivity index (χ2n) is 3.49. The van der Waals surface area contributed by atoms with Crippen LogP contribution in [0.15, 0.2) is 40.1 Å². The molecule has 0 bridgehead atoms. The highest BCUT2D eigenvalue weighted by atomic mass is 32.2. The summed E-state index contributed by atoms with van der Waals surface area (Å²) in [5.41, 5.74) is 0.610. The summed E-state index contributed by atoms with van der Waals surface area (Å²) in [6.45, 7) is 1.97. The minimum atomic E-state index is -0.560. The standard InChI is InChI=1S/C14H16O3S2/c1-4-17-13(16)11(14(18-2)19-3)12(15)10-8-6-5-7-9-10/h5-9H,4H2,1-3H3. The van der Waals surface area contributed by atoms with Crippen molar-refractivity contribution in [3.8, 4) is 0 Å². The molecule has 1 aromatic carbocycles. The van der Waals surface area contributed by atoms with E-state index in [-0.39, 0.29) is 18.0 Å². The number of benzene rings is 1. The lowest BCUT2D eigenvalue weighted by Gasteiger charge is -2.10. The van der Waals surface area contributed by atoms with Crippen molar-refractivity contribution in [3.05, 3.63) is 45.7 Å². The highest BCUT2D eigenvalue weighted by Crippen LogP contribution is 2.30. The lowest BCUT2D eigenvalue weighted by molar-refractivity contribution is -0.138. The Bertz CT molecular complexity index is 475. The number of Topliss-reactive ketones (excluding diaryl/α,β-unsaturated/α-hetero) is 1. The van der Waals surface area contributed by atoms with Gasteiger partial charge in [0.1, 0.15) is 5.57 Å². The van der Waals surface area contributed by atoms with E-state index in [1.54, 1.807) is 31.2 Å². The Kier molecular flexibility index (Phi) is 6.73. The molecule has 0 N–H and O–H groups in total. The second-order valence-corrected chi connectivity index (χ2v) is 5.38. The molecule has 0 saturated heterocycles. The number of esters is 1. The van der Waals surface area contributed by atoms with Crippen LogP contribution >= 0.6 is 23.5 Å². The van der Waals surface area contributed by atoms with E-state index in [1.165, 1.54) is 23.5 Å². The lowest BCUT2D eigenvalue weighted by Crippen LogP contribution is -2.17. The zero-order valence-corrected chi connectivity index (χ0v) is 12.8. The van der Waals surface area contributed by atoms with Crippen molar-refractivity contribution in [2.75, 3.05) is 19.1 Å². The van der Waals surface area contributed by atoms with E-state index in [0.29, 0.717) is 9.80 Å². The number of ether oxygens (including phenoxy) is 1. The van der Waals surface area contributed by atoms with Gasteiger partial charge in [0.15, 0.2) is 0 Å². The number of rotatable bonds is 6. The summed E-state index contributed by atoms with van der Waals surface area (Å²) >= 11 is 2.75. The van der Waals surface area contributed by atoms with Crippen molar-refractivity contribution >= 4 is 35.3 Å². The van der Waals surface area contributed by atoms with Gasteiger partial charge in [0.25, 0.3) is 0 Å². The molecular formula is C14H16O3S2. The topological polar surface area (TPSA) is 43.4 Å². The molecule has 102 valence electrons. The summed E-state index contributed by atoms with van der Waals surface area (Å²) in [7, 11) is 0. The molecule has 0 fully saturated rings. The average Bonchev–Trinajstić information content (AvgIpc) is 2.45. The maximum atomic E-state index is 12.4. The van der Waals surface area contributed by atoms with E-state index in [1.807, 2.05) is 18.6 Å². The third kappa shape index (κ3) is 4.14. The molecular weight excluding hydrogens is 280 g/mol. The Labute approximate surface area is 121 Å². The third-order valence-electron chi connectivity index (χ3n) is 2.32. The molecule has 0 heterocycles. The SMILES string of the molecule is CCOC(=O)C(C(=O)c1ccccc1)=C(SC)SC. The van der Waals surface area contributed by atoms with Crippen LogP contribution in [0.3, 0.4) is 0 Å². The predicted molar refractivity (Wildman–Crippen MR) is 81.5 cm³/mol. The Balaban J connectivity index is 3.22. The summed E-state index contributed by atoms with van der Waals surface area (Å²) in [5.74, 6) is -0.854. The number of hydrogen-bond acceptors (Lipinski definition) is 5. The van der Waals surface area contributed by atoms with Crippen LogP contribution in [0.1, 0.15) is 17.3 Å². The first-order chi connectivity index (χ1) is 9.15. The zero-order valence-electron chi connectivity index (χ0n) is 11.1. The molecule has 0 radical (unpaired) electrons. The van der Waals surface area contributed by atoms with Gasteiger partial charge in [-0.25, -0.2) is 4.79 Å². The summed E-state index contributed by atoms with van der Waals surface area (Å²) in [5, 5.41) is 0. The first-order valence-electron chi connectivity index (χ1n) is 5.74. The molecule has 0 amide bonds. The van der Waals surface area contributed by atoms with E-state index >= 15 is 0 Å². The van der Waals surface area contributed by atoms with Crippen molar-refractivity contribution in [3.63, 3.8) is 0 Å². The molecule has 1 rings (SSSR count). The molecule has 0 atom stereocenters. The van der Waals surface area contributed by atoms with Gasteiger partial charge in [-0.3, -0.25) is 4.79 Å². The van der Waals surface area contributed by atoms with Crippen LogP contribution in [0.4, 0.5) is 0 Å². The van der Waals surface area contributed by atoms with Crippen LogP contribution in [0, 0.1) is 0 Å². The number of ketones is 1. The molecule has 0 aliphatic carbocycles. The maximum absolute atomic E-state index is 12.4. The summed E-state index contributed by atoms with van der Waals surface area (Å²) in [6.07, 6.45) is 3.67. The summed E-state index contributed by atoms with van der Waals surface area (Å²) in [6, 6.07) is 8.76. The van der Waals surface area contributed by atoms with E-state index < -0.39 is 5.97 Å². The van der Waals surface area contributed by atoms with Crippen LogP contribution in [0.5, 0.6) is 0 Å². The van der Waals surface area contributed by atoms with Gasteiger partial charge in [0.05, 0.1) is 10.8 Å². The van der Waals surface area contributed by atoms with Crippen LogP contribution < -0.4 is 0 Å². The van der Waals surface area contributed by atoms with Crippen molar-refractivity contribution in [2.45, 2.75) is 6.92 Å². The van der Waals surface area contributed by atoms with Crippen LogP contribution in [-0.4, -0.2) is 30.9 Å². The van der Waals surface area contributed by atoms with Gasteiger partial charge < -0.3 is 4.74 Å². The number of thioether (sulfide) groups is 2. The number of carbonyl (C=O) groups is 2. The Morgan fingerprint density at radius 3 is 2.16 bits per heavy atom. The van der Waals surface area contributed by atoms with Crippen LogP contribution in [0.25, 0.3) is 0 Å². The average molecular weight is 296 g/mol. The van der Waals surface area contributed by atoms with Crippen molar-refractivity contribution in [1.29, 1.82) is 0 Å². The Hall–Kier alpha value is -1.20. The first-order valence-corrected chi connectivity index (χ1v) is 8.19. The molecule has 0 saturated carbocycles. The monoisotopic (exact) mass is 296 g/mol. The molecule has 0 aliphatic rings. The van der Waals surface area contributed by atoms with Gasteiger partial charge in [0, 0.05) is 5.56 Å². The highest BCUT2D eigenvalue weighted by molar-refractivity contribution is 8.21. The van der Waals surface area contributed by atoms with Gasteiger partial charge in [-0.05, 0) is 19.4 Å². The molecule has 1 aromatic rings.